The molecule has 20 heavy (non-hydrogen) atoms. The monoisotopic (exact) mass is 275 g/mol. The first-order valence-electron chi connectivity index (χ1n) is 7.06. The maximum Gasteiger partial charge on any atom is 0.330 e. The maximum atomic E-state index is 11.9. The molecule has 0 heterocycles. The van der Waals surface area contributed by atoms with Crippen molar-refractivity contribution in [2.45, 2.75) is 45.6 Å². The van der Waals surface area contributed by atoms with E-state index in [1.807, 2.05) is 32.0 Å². The third-order valence-electron chi connectivity index (χ3n) is 3.83. The van der Waals surface area contributed by atoms with E-state index in [1.165, 1.54) is 6.42 Å². The molecule has 1 aromatic rings. The summed E-state index contributed by atoms with van der Waals surface area (Å²) in [6.45, 7) is 3.84. The fraction of sp³-hybridized carbons (Fsp3) is 0.500. The van der Waals surface area contributed by atoms with E-state index in [0.29, 0.717) is 17.9 Å². The Balaban J connectivity index is 2.09. The lowest BCUT2D eigenvalue weighted by molar-refractivity contribution is -0.142. The van der Waals surface area contributed by atoms with Crippen LogP contribution in [0.5, 0.6) is 0 Å². The molecule has 4 nitrogen and oxygen atoms in total. The van der Waals surface area contributed by atoms with E-state index in [4.69, 9.17) is 0 Å². The first-order chi connectivity index (χ1) is 9.45. The Hall–Kier alpha value is -1.84. The van der Waals surface area contributed by atoms with Crippen molar-refractivity contribution in [3.63, 3.8) is 0 Å². The summed E-state index contributed by atoms with van der Waals surface area (Å²) in [4.78, 5) is 23.3. The van der Waals surface area contributed by atoms with Gasteiger partial charge < -0.3 is 10.4 Å². The van der Waals surface area contributed by atoms with Gasteiger partial charge in [-0.15, -0.1) is 0 Å². The first-order valence-corrected chi connectivity index (χ1v) is 7.06. The minimum absolute atomic E-state index is 0.166. The van der Waals surface area contributed by atoms with E-state index < -0.39 is 12.0 Å². The average molecular weight is 275 g/mol. The number of carboxylic acids is 1. The van der Waals surface area contributed by atoms with Crippen LogP contribution in [0.1, 0.15) is 48.4 Å². The number of amides is 1. The molecule has 0 radical (unpaired) electrons. The molecule has 2 rings (SSSR count). The van der Waals surface area contributed by atoms with Crippen molar-refractivity contribution in [1.29, 1.82) is 0 Å². The third kappa shape index (κ3) is 3.59. The predicted octanol–water partition coefficient (Wildman–Crippen LogP) is 2.74. The van der Waals surface area contributed by atoms with Crippen LogP contribution in [0, 0.1) is 19.8 Å². The molecule has 1 unspecified atom stereocenters. The van der Waals surface area contributed by atoms with E-state index in [2.05, 4.69) is 5.32 Å². The Kier molecular flexibility index (Phi) is 4.42. The molecule has 4 heteroatoms. The minimum atomic E-state index is -1.02. The molecule has 0 aromatic heterocycles. The highest BCUT2D eigenvalue weighted by Crippen LogP contribution is 2.29. The van der Waals surface area contributed by atoms with E-state index in [-0.39, 0.29) is 5.91 Å². The van der Waals surface area contributed by atoms with Crippen molar-refractivity contribution < 1.29 is 14.7 Å². The van der Waals surface area contributed by atoms with Crippen LogP contribution in [0.3, 0.4) is 0 Å². The molecule has 1 amide bonds. The zero-order valence-electron chi connectivity index (χ0n) is 12.0. The van der Waals surface area contributed by atoms with Gasteiger partial charge in [0.1, 0.15) is 0 Å². The highest BCUT2D eigenvalue weighted by molar-refractivity contribution is 5.84. The number of rotatable bonds is 5. The molecule has 1 saturated carbocycles. The van der Waals surface area contributed by atoms with Gasteiger partial charge in [0.2, 0.25) is 5.91 Å². The van der Waals surface area contributed by atoms with Crippen molar-refractivity contribution in [1.82, 2.24) is 5.32 Å². The molecule has 1 aliphatic rings. The number of carboxylic acid groups (broad SMARTS) is 1. The van der Waals surface area contributed by atoms with Crippen molar-refractivity contribution in [2.24, 2.45) is 5.92 Å². The van der Waals surface area contributed by atoms with Crippen LogP contribution in [0.15, 0.2) is 18.2 Å². The normalized spacial score (nSPS) is 16.3. The number of aryl methyl sites for hydroxylation is 2. The zero-order valence-corrected chi connectivity index (χ0v) is 12.0. The summed E-state index contributed by atoms with van der Waals surface area (Å²) < 4.78 is 0. The van der Waals surface area contributed by atoms with Gasteiger partial charge in [-0.2, -0.15) is 0 Å². The summed E-state index contributed by atoms with van der Waals surface area (Å²) in [5, 5.41) is 12.0. The quantitative estimate of drug-likeness (QED) is 0.868. The topological polar surface area (TPSA) is 66.4 Å². The Labute approximate surface area is 119 Å². The van der Waals surface area contributed by atoms with Crippen molar-refractivity contribution >= 4 is 11.9 Å². The van der Waals surface area contributed by atoms with Crippen LogP contribution in [-0.2, 0) is 9.59 Å². The van der Waals surface area contributed by atoms with Crippen LogP contribution >= 0.6 is 0 Å². The number of nitrogens with one attached hydrogen (secondary N) is 1. The highest BCUT2D eigenvalue weighted by Gasteiger charge is 2.26. The van der Waals surface area contributed by atoms with E-state index in [1.54, 1.807) is 0 Å². The van der Waals surface area contributed by atoms with E-state index >= 15 is 0 Å². The molecule has 1 atom stereocenters. The van der Waals surface area contributed by atoms with Crippen LogP contribution in [0.4, 0.5) is 0 Å². The lowest BCUT2D eigenvalue weighted by Gasteiger charge is -2.25. The van der Waals surface area contributed by atoms with Crippen molar-refractivity contribution in [2.75, 3.05) is 0 Å². The molecule has 1 aromatic carbocycles. The first kappa shape index (κ1) is 14.6. The summed E-state index contributed by atoms with van der Waals surface area (Å²) in [5.41, 5.74) is 2.64. The summed E-state index contributed by atoms with van der Waals surface area (Å²) >= 11 is 0. The summed E-state index contributed by atoms with van der Waals surface area (Å²) in [6, 6.07) is 4.66. The maximum absolute atomic E-state index is 11.9. The number of carbonyl (C=O) groups is 2. The van der Waals surface area contributed by atoms with Gasteiger partial charge in [0.05, 0.1) is 0 Å². The zero-order chi connectivity index (χ0) is 14.7. The van der Waals surface area contributed by atoms with Gasteiger partial charge in [-0.3, -0.25) is 4.79 Å². The van der Waals surface area contributed by atoms with Gasteiger partial charge >= 0.3 is 5.97 Å². The summed E-state index contributed by atoms with van der Waals surface area (Å²) in [6.07, 6.45) is 3.77. The number of hydrogen-bond donors (Lipinski definition) is 2. The molecule has 2 N–H and O–H groups in total. The van der Waals surface area contributed by atoms with Gasteiger partial charge in [-0.05, 0) is 38.2 Å². The van der Waals surface area contributed by atoms with Crippen molar-refractivity contribution in [3.8, 4) is 0 Å². The fourth-order valence-electron chi connectivity index (χ4n) is 2.64. The van der Waals surface area contributed by atoms with Crippen LogP contribution in [0.2, 0.25) is 0 Å². The molecule has 1 fully saturated rings. The fourth-order valence-corrected chi connectivity index (χ4v) is 2.64. The highest BCUT2D eigenvalue weighted by atomic mass is 16.4. The molecule has 108 valence electrons. The third-order valence-corrected chi connectivity index (χ3v) is 3.83. The van der Waals surface area contributed by atoms with Gasteiger partial charge in [0.25, 0.3) is 0 Å². The Morgan fingerprint density at radius 2 is 1.85 bits per heavy atom. The number of hydrogen-bond acceptors (Lipinski definition) is 2. The molecule has 0 spiro atoms. The van der Waals surface area contributed by atoms with Gasteiger partial charge in [-0.25, -0.2) is 4.79 Å². The minimum Gasteiger partial charge on any atom is -0.479 e. The van der Waals surface area contributed by atoms with Crippen LogP contribution in [-0.4, -0.2) is 17.0 Å². The smallest absolute Gasteiger partial charge is 0.330 e. The Bertz CT molecular complexity index is 500. The second-order valence-electron chi connectivity index (χ2n) is 5.76. The number of aliphatic carboxylic acids is 1. The van der Waals surface area contributed by atoms with Crippen LogP contribution < -0.4 is 5.32 Å². The molecular formula is C16H21NO3. The molecular weight excluding hydrogens is 254 g/mol. The van der Waals surface area contributed by atoms with E-state index in [9.17, 15) is 14.7 Å². The van der Waals surface area contributed by atoms with Crippen LogP contribution in [0.25, 0.3) is 0 Å². The lowest BCUT2D eigenvalue weighted by Crippen LogP contribution is -2.35. The summed E-state index contributed by atoms with van der Waals surface area (Å²) in [7, 11) is 0. The second-order valence-corrected chi connectivity index (χ2v) is 5.76. The van der Waals surface area contributed by atoms with Gasteiger partial charge in [0.15, 0.2) is 6.04 Å². The van der Waals surface area contributed by atoms with E-state index in [0.717, 1.165) is 24.0 Å². The standard InChI is InChI=1S/C16H21NO3/c1-10-6-11(2)8-13(7-10)15(16(19)20)17-14(18)9-12-4-3-5-12/h6-8,12,15H,3-5,9H2,1-2H3,(H,17,18)(H,19,20). The number of carbonyl (C=O) groups excluding carboxylic acids is 1. The Morgan fingerprint density at radius 1 is 1.25 bits per heavy atom. The van der Waals surface area contributed by atoms with Crippen molar-refractivity contribution in [3.05, 3.63) is 34.9 Å². The van der Waals surface area contributed by atoms with Gasteiger partial charge in [0, 0.05) is 6.42 Å². The lowest BCUT2D eigenvalue weighted by atomic mass is 9.83. The van der Waals surface area contributed by atoms with Gasteiger partial charge in [-0.1, -0.05) is 35.7 Å². The summed E-state index contributed by atoms with van der Waals surface area (Å²) in [5.74, 6) is -0.748. The average Bonchev–Trinajstić information content (AvgIpc) is 2.29. The second kappa shape index (κ2) is 6.07. The molecule has 0 bridgehead atoms. The largest absolute Gasteiger partial charge is 0.479 e. The predicted molar refractivity (Wildman–Crippen MR) is 76.4 cm³/mol. The SMILES string of the molecule is Cc1cc(C)cc(C(NC(=O)CC2CCC2)C(=O)O)c1. The molecule has 0 saturated heterocycles. The number of benzene rings is 1. The molecule has 0 aliphatic heterocycles. The molecule has 1 aliphatic carbocycles. The Morgan fingerprint density at radius 3 is 2.30 bits per heavy atom.